The lowest BCUT2D eigenvalue weighted by Crippen LogP contribution is -2.43. The molecule has 0 aromatic heterocycles. The van der Waals surface area contributed by atoms with Crippen molar-refractivity contribution in [1.82, 2.24) is 4.90 Å². The summed E-state index contributed by atoms with van der Waals surface area (Å²) < 4.78 is 0. The van der Waals surface area contributed by atoms with E-state index in [0.717, 1.165) is 24.8 Å². The second-order valence-electron chi connectivity index (χ2n) is 5.96. The normalized spacial score (nSPS) is 28.4. The zero-order valence-corrected chi connectivity index (χ0v) is 11.6. The summed E-state index contributed by atoms with van der Waals surface area (Å²) in [6.07, 6.45) is 3.07. The molecule has 1 N–H and O–H groups in total. The number of likely N-dealkylation sites (tertiary alicyclic amines) is 1. The third-order valence-corrected chi connectivity index (χ3v) is 4.70. The van der Waals surface area contributed by atoms with Crippen LogP contribution < -0.4 is 0 Å². The molecule has 0 bridgehead atoms. The number of benzene rings is 1. The highest BCUT2D eigenvalue weighted by molar-refractivity contribution is 5.97. The SMILES string of the molecule is Cc1ccc(C(=O)N2CC3CCCC3C2C(=O)O)cc1. The summed E-state index contributed by atoms with van der Waals surface area (Å²) >= 11 is 0. The number of aryl methyl sites for hydroxylation is 1. The number of amides is 1. The summed E-state index contributed by atoms with van der Waals surface area (Å²) in [6.45, 7) is 2.56. The van der Waals surface area contributed by atoms with Crippen LogP contribution in [0.3, 0.4) is 0 Å². The fraction of sp³-hybridized carbons (Fsp3) is 0.500. The highest BCUT2D eigenvalue weighted by Crippen LogP contribution is 2.42. The van der Waals surface area contributed by atoms with Gasteiger partial charge in [-0.2, -0.15) is 0 Å². The van der Waals surface area contributed by atoms with Crippen LogP contribution in [0, 0.1) is 18.8 Å². The van der Waals surface area contributed by atoms with Crippen LogP contribution >= 0.6 is 0 Å². The Morgan fingerprint density at radius 2 is 1.90 bits per heavy atom. The van der Waals surface area contributed by atoms with E-state index in [4.69, 9.17) is 0 Å². The number of aliphatic carboxylic acids is 1. The van der Waals surface area contributed by atoms with E-state index < -0.39 is 12.0 Å². The number of hydrogen-bond acceptors (Lipinski definition) is 2. The minimum atomic E-state index is -0.861. The summed E-state index contributed by atoms with van der Waals surface area (Å²) in [6, 6.07) is 6.70. The maximum Gasteiger partial charge on any atom is 0.326 e. The van der Waals surface area contributed by atoms with E-state index in [9.17, 15) is 14.7 Å². The molecular formula is C16H19NO3. The second-order valence-corrected chi connectivity index (χ2v) is 5.96. The van der Waals surface area contributed by atoms with Gasteiger partial charge in [0.25, 0.3) is 5.91 Å². The quantitative estimate of drug-likeness (QED) is 0.899. The van der Waals surface area contributed by atoms with Gasteiger partial charge in [-0.05, 0) is 43.7 Å². The standard InChI is InChI=1S/C16H19NO3/c1-10-5-7-11(8-6-10)15(18)17-9-12-3-2-4-13(12)14(17)16(19)20/h5-8,12-14H,2-4,9H2,1H3,(H,19,20). The van der Waals surface area contributed by atoms with Gasteiger partial charge in [-0.1, -0.05) is 24.1 Å². The molecule has 1 saturated heterocycles. The van der Waals surface area contributed by atoms with Crippen molar-refractivity contribution in [2.75, 3.05) is 6.54 Å². The highest BCUT2D eigenvalue weighted by atomic mass is 16.4. The molecule has 3 atom stereocenters. The number of carbonyl (C=O) groups is 2. The van der Waals surface area contributed by atoms with Crippen LogP contribution in [-0.4, -0.2) is 34.5 Å². The molecule has 1 aromatic carbocycles. The predicted octanol–water partition coefficient (Wildman–Crippen LogP) is 2.32. The molecule has 3 rings (SSSR count). The molecule has 1 heterocycles. The molecule has 0 radical (unpaired) electrons. The Labute approximate surface area is 118 Å². The Balaban J connectivity index is 1.87. The molecule has 1 aliphatic carbocycles. The molecular weight excluding hydrogens is 254 g/mol. The largest absolute Gasteiger partial charge is 0.480 e. The molecule has 1 aliphatic heterocycles. The molecule has 106 valence electrons. The summed E-state index contributed by atoms with van der Waals surface area (Å²) in [5.41, 5.74) is 1.68. The maximum atomic E-state index is 12.6. The van der Waals surface area contributed by atoms with Crippen molar-refractivity contribution in [3.05, 3.63) is 35.4 Å². The highest BCUT2D eigenvalue weighted by Gasteiger charge is 2.49. The van der Waals surface area contributed by atoms with Crippen molar-refractivity contribution in [2.24, 2.45) is 11.8 Å². The molecule has 20 heavy (non-hydrogen) atoms. The van der Waals surface area contributed by atoms with Crippen molar-refractivity contribution in [3.63, 3.8) is 0 Å². The number of carboxylic acid groups (broad SMARTS) is 1. The Morgan fingerprint density at radius 3 is 2.55 bits per heavy atom. The molecule has 2 fully saturated rings. The number of carboxylic acids is 1. The fourth-order valence-electron chi connectivity index (χ4n) is 3.69. The van der Waals surface area contributed by atoms with Crippen molar-refractivity contribution in [3.8, 4) is 0 Å². The third-order valence-electron chi connectivity index (χ3n) is 4.70. The van der Waals surface area contributed by atoms with Crippen LogP contribution in [0.5, 0.6) is 0 Å². The summed E-state index contributed by atoms with van der Waals surface area (Å²) in [5, 5.41) is 9.48. The second kappa shape index (κ2) is 4.93. The fourth-order valence-corrected chi connectivity index (χ4v) is 3.69. The zero-order chi connectivity index (χ0) is 14.3. The first-order chi connectivity index (χ1) is 9.58. The third kappa shape index (κ3) is 2.09. The molecule has 4 nitrogen and oxygen atoms in total. The lowest BCUT2D eigenvalue weighted by atomic mass is 9.94. The van der Waals surface area contributed by atoms with E-state index in [1.54, 1.807) is 17.0 Å². The molecule has 1 aromatic rings. The topological polar surface area (TPSA) is 57.6 Å². The van der Waals surface area contributed by atoms with Crippen LogP contribution in [0.25, 0.3) is 0 Å². The van der Waals surface area contributed by atoms with Gasteiger partial charge in [-0.25, -0.2) is 4.79 Å². The van der Waals surface area contributed by atoms with Crippen molar-refractivity contribution in [1.29, 1.82) is 0 Å². The number of carbonyl (C=O) groups excluding carboxylic acids is 1. The van der Waals surface area contributed by atoms with Gasteiger partial charge in [0.15, 0.2) is 0 Å². The smallest absolute Gasteiger partial charge is 0.326 e. The Hall–Kier alpha value is -1.84. The first kappa shape index (κ1) is 13.2. The Kier molecular flexibility index (Phi) is 3.24. The number of fused-ring (bicyclic) bond motifs is 1. The van der Waals surface area contributed by atoms with Crippen LogP contribution in [0.1, 0.15) is 35.2 Å². The first-order valence-corrected chi connectivity index (χ1v) is 7.18. The van der Waals surface area contributed by atoms with Crippen molar-refractivity contribution >= 4 is 11.9 Å². The summed E-state index contributed by atoms with van der Waals surface area (Å²) in [5.74, 6) is -0.501. The van der Waals surface area contributed by atoms with Crippen molar-refractivity contribution in [2.45, 2.75) is 32.2 Å². The maximum absolute atomic E-state index is 12.6. The van der Waals surface area contributed by atoms with E-state index in [-0.39, 0.29) is 11.8 Å². The summed E-state index contributed by atoms with van der Waals surface area (Å²) in [4.78, 5) is 25.7. The average molecular weight is 273 g/mol. The molecule has 4 heteroatoms. The van der Waals surface area contributed by atoms with E-state index >= 15 is 0 Å². The van der Waals surface area contributed by atoms with Crippen LogP contribution in [0.4, 0.5) is 0 Å². The van der Waals surface area contributed by atoms with E-state index in [1.807, 2.05) is 19.1 Å². The Bertz CT molecular complexity index is 537. The monoisotopic (exact) mass is 273 g/mol. The zero-order valence-electron chi connectivity index (χ0n) is 11.6. The van der Waals surface area contributed by atoms with E-state index in [1.165, 1.54) is 0 Å². The lowest BCUT2D eigenvalue weighted by molar-refractivity contribution is -0.142. The van der Waals surface area contributed by atoms with Gasteiger partial charge >= 0.3 is 5.97 Å². The molecule has 2 aliphatic rings. The van der Waals surface area contributed by atoms with Crippen LogP contribution in [0.15, 0.2) is 24.3 Å². The minimum Gasteiger partial charge on any atom is -0.480 e. The van der Waals surface area contributed by atoms with Gasteiger partial charge in [0.2, 0.25) is 0 Å². The molecule has 0 spiro atoms. The van der Waals surface area contributed by atoms with Gasteiger partial charge in [-0.3, -0.25) is 4.79 Å². The van der Waals surface area contributed by atoms with Gasteiger partial charge in [-0.15, -0.1) is 0 Å². The number of hydrogen-bond donors (Lipinski definition) is 1. The van der Waals surface area contributed by atoms with Gasteiger partial charge in [0.1, 0.15) is 6.04 Å². The van der Waals surface area contributed by atoms with E-state index in [2.05, 4.69) is 0 Å². The Morgan fingerprint density at radius 1 is 1.20 bits per heavy atom. The van der Waals surface area contributed by atoms with Gasteiger partial charge in [0.05, 0.1) is 0 Å². The number of nitrogens with zero attached hydrogens (tertiary/aromatic N) is 1. The van der Waals surface area contributed by atoms with Crippen molar-refractivity contribution < 1.29 is 14.7 Å². The summed E-state index contributed by atoms with van der Waals surface area (Å²) in [7, 11) is 0. The van der Waals surface area contributed by atoms with Gasteiger partial charge < -0.3 is 10.0 Å². The number of rotatable bonds is 2. The molecule has 1 amide bonds. The first-order valence-electron chi connectivity index (χ1n) is 7.18. The molecule has 1 saturated carbocycles. The lowest BCUT2D eigenvalue weighted by Gasteiger charge is -2.24. The van der Waals surface area contributed by atoms with Crippen LogP contribution in [-0.2, 0) is 4.79 Å². The minimum absolute atomic E-state index is 0.141. The predicted molar refractivity (Wildman–Crippen MR) is 74.5 cm³/mol. The average Bonchev–Trinajstić information content (AvgIpc) is 2.97. The van der Waals surface area contributed by atoms with Gasteiger partial charge in [0, 0.05) is 12.1 Å². The van der Waals surface area contributed by atoms with Crippen LogP contribution in [0.2, 0.25) is 0 Å². The van der Waals surface area contributed by atoms with E-state index in [0.29, 0.717) is 18.0 Å². The molecule has 3 unspecified atom stereocenters.